The van der Waals surface area contributed by atoms with Crippen LogP contribution in [0.5, 0.6) is 0 Å². The monoisotopic (exact) mass is 527 g/mol. The van der Waals surface area contributed by atoms with Crippen molar-refractivity contribution in [2.75, 3.05) is 18.4 Å². The number of benzene rings is 2. The van der Waals surface area contributed by atoms with Crippen molar-refractivity contribution >= 4 is 34.4 Å². The lowest BCUT2D eigenvalue weighted by Crippen LogP contribution is -2.23. The minimum atomic E-state index is -0.382. The van der Waals surface area contributed by atoms with Gasteiger partial charge in [0.2, 0.25) is 11.9 Å². The Morgan fingerprint density at radius 3 is 2.72 bits per heavy atom. The average Bonchev–Trinajstić information content (AvgIpc) is 3.43. The van der Waals surface area contributed by atoms with Gasteiger partial charge in [0, 0.05) is 54.3 Å². The van der Waals surface area contributed by atoms with Crippen molar-refractivity contribution in [2.24, 2.45) is 10.7 Å². The van der Waals surface area contributed by atoms with E-state index in [0.717, 1.165) is 30.6 Å². The highest BCUT2D eigenvalue weighted by Crippen LogP contribution is 2.28. The Morgan fingerprint density at radius 1 is 1.23 bits per heavy atom. The summed E-state index contributed by atoms with van der Waals surface area (Å²) in [5, 5.41) is 7.02. The van der Waals surface area contributed by atoms with Crippen molar-refractivity contribution in [1.82, 2.24) is 19.9 Å². The van der Waals surface area contributed by atoms with E-state index < -0.39 is 0 Å². The highest BCUT2D eigenvalue weighted by Gasteiger charge is 2.20. The second-order valence-electron chi connectivity index (χ2n) is 9.68. The number of nitrogens with one attached hydrogen (secondary N) is 2. The SMILES string of the molecule is CCn1c(=O)c(-c2ccc(C(N)=NC(C)=O)cc2C)cc2cnc(Nc3ccc(C4CCNC4)c(F)c3)nc21. The molecule has 1 aliphatic rings. The molecule has 0 radical (unpaired) electrons. The number of hydrogen-bond acceptors (Lipinski definition) is 6. The normalized spacial score (nSPS) is 15.6. The first-order chi connectivity index (χ1) is 18.7. The standard InChI is InChI=1S/C29H30FN7O2/c1-4-37-27-20(12-24(28(37)39)22-7-5-18(11-16(22)2)26(31)34-17(3)38)15-33-29(36-27)35-21-6-8-23(25(30)13-21)19-9-10-32-14-19/h5-8,11-13,15,19,32H,4,9-10,14H2,1-3H3,(H2,31,34,38)(H,33,35,36). The summed E-state index contributed by atoms with van der Waals surface area (Å²) < 4.78 is 16.4. The molecule has 0 aliphatic carbocycles. The number of aromatic nitrogens is 3. The van der Waals surface area contributed by atoms with Crippen LogP contribution in [0.15, 0.2) is 58.4 Å². The lowest BCUT2D eigenvalue weighted by atomic mass is 9.97. The van der Waals surface area contributed by atoms with E-state index in [0.29, 0.717) is 40.0 Å². The predicted octanol–water partition coefficient (Wildman–Crippen LogP) is 4.00. The Balaban J connectivity index is 1.48. The van der Waals surface area contributed by atoms with E-state index in [9.17, 15) is 14.0 Å². The van der Waals surface area contributed by atoms with Gasteiger partial charge in [-0.15, -0.1) is 0 Å². The van der Waals surface area contributed by atoms with Gasteiger partial charge >= 0.3 is 0 Å². The van der Waals surface area contributed by atoms with Gasteiger partial charge in [-0.3, -0.25) is 14.2 Å². The minimum absolute atomic E-state index is 0.125. The summed E-state index contributed by atoms with van der Waals surface area (Å²) in [5.74, 6) is -0.0741. The van der Waals surface area contributed by atoms with E-state index in [1.807, 2.05) is 19.9 Å². The molecule has 4 aromatic rings. The van der Waals surface area contributed by atoms with Crippen LogP contribution in [0.4, 0.5) is 16.0 Å². The maximum atomic E-state index is 14.8. The molecule has 1 atom stereocenters. The van der Waals surface area contributed by atoms with Gasteiger partial charge < -0.3 is 16.4 Å². The molecule has 4 N–H and O–H groups in total. The van der Waals surface area contributed by atoms with Crippen LogP contribution < -0.4 is 21.9 Å². The first-order valence-corrected chi connectivity index (χ1v) is 12.9. The van der Waals surface area contributed by atoms with E-state index in [4.69, 9.17) is 5.73 Å². The largest absolute Gasteiger partial charge is 0.383 e. The fourth-order valence-corrected chi connectivity index (χ4v) is 5.05. The Kier molecular flexibility index (Phi) is 7.21. The molecular formula is C29H30FN7O2. The predicted molar refractivity (Wildman–Crippen MR) is 151 cm³/mol. The fraction of sp³-hybridized carbons (Fsp3) is 0.276. The average molecular weight is 528 g/mol. The van der Waals surface area contributed by atoms with E-state index in [1.165, 1.54) is 13.0 Å². The van der Waals surface area contributed by atoms with Crippen LogP contribution in [-0.4, -0.2) is 39.4 Å². The van der Waals surface area contributed by atoms with Gasteiger partial charge in [0.1, 0.15) is 17.3 Å². The highest BCUT2D eigenvalue weighted by molar-refractivity contribution is 6.04. The molecule has 2 aromatic carbocycles. The molecule has 0 spiro atoms. The summed E-state index contributed by atoms with van der Waals surface area (Å²) in [6.45, 7) is 7.15. The quantitative estimate of drug-likeness (QED) is 0.255. The molecule has 1 aliphatic heterocycles. The number of pyridine rings is 1. The maximum Gasteiger partial charge on any atom is 0.260 e. The van der Waals surface area contributed by atoms with Gasteiger partial charge in [-0.05, 0) is 67.8 Å². The first-order valence-electron chi connectivity index (χ1n) is 12.9. The smallest absolute Gasteiger partial charge is 0.260 e. The number of amidine groups is 1. The number of aryl methyl sites for hydroxylation is 2. The Morgan fingerprint density at radius 2 is 2.05 bits per heavy atom. The van der Waals surface area contributed by atoms with Crippen LogP contribution in [0.25, 0.3) is 22.2 Å². The molecule has 3 heterocycles. The third-order valence-electron chi connectivity index (χ3n) is 6.99. The number of carbonyl (C=O) groups is 1. The van der Waals surface area contributed by atoms with Crippen LogP contribution in [0, 0.1) is 12.7 Å². The summed E-state index contributed by atoms with van der Waals surface area (Å²) in [7, 11) is 0. The molecule has 1 saturated heterocycles. The number of hydrogen-bond donors (Lipinski definition) is 3. The van der Waals surface area contributed by atoms with Gasteiger partial charge in [0.05, 0.1) is 0 Å². The number of amides is 1. The zero-order valence-electron chi connectivity index (χ0n) is 22.1. The molecule has 39 heavy (non-hydrogen) atoms. The third kappa shape index (κ3) is 5.28. The van der Waals surface area contributed by atoms with Crippen LogP contribution in [0.2, 0.25) is 0 Å². The van der Waals surface area contributed by atoms with Crippen molar-refractivity contribution in [3.05, 3.63) is 81.5 Å². The van der Waals surface area contributed by atoms with Crippen molar-refractivity contribution in [2.45, 2.75) is 39.7 Å². The molecule has 0 saturated carbocycles. The van der Waals surface area contributed by atoms with Gasteiger partial charge in [-0.25, -0.2) is 9.37 Å². The number of rotatable bonds is 6. The zero-order valence-corrected chi connectivity index (χ0v) is 22.1. The van der Waals surface area contributed by atoms with Crippen LogP contribution >= 0.6 is 0 Å². The summed E-state index contributed by atoms with van der Waals surface area (Å²) in [6.07, 6.45) is 2.57. The summed E-state index contributed by atoms with van der Waals surface area (Å²) in [6, 6.07) is 12.2. The maximum absolute atomic E-state index is 14.8. The molecule has 0 bridgehead atoms. The number of fused-ring (bicyclic) bond motifs is 1. The third-order valence-corrected chi connectivity index (χ3v) is 6.99. The molecule has 5 rings (SSSR count). The molecule has 2 aromatic heterocycles. The van der Waals surface area contributed by atoms with Crippen molar-refractivity contribution in [1.29, 1.82) is 0 Å². The summed E-state index contributed by atoms with van der Waals surface area (Å²) >= 11 is 0. The van der Waals surface area contributed by atoms with Crippen molar-refractivity contribution in [3.63, 3.8) is 0 Å². The van der Waals surface area contributed by atoms with E-state index >= 15 is 0 Å². The molecular weight excluding hydrogens is 497 g/mol. The zero-order chi connectivity index (χ0) is 27.7. The van der Waals surface area contributed by atoms with Gasteiger partial charge in [-0.1, -0.05) is 18.2 Å². The number of carbonyl (C=O) groups excluding carboxylic acids is 1. The van der Waals surface area contributed by atoms with Crippen molar-refractivity contribution < 1.29 is 9.18 Å². The van der Waals surface area contributed by atoms with Gasteiger partial charge in [0.25, 0.3) is 5.56 Å². The molecule has 1 unspecified atom stereocenters. The van der Waals surface area contributed by atoms with Crippen LogP contribution in [-0.2, 0) is 11.3 Å². The molecule has 200 valence electrons. The number of aliphatic imine (C=N–C) groups is 1. The summed E-state index contributed by atoms with van der Waals surface area (Å²) in [5.41, 5.74) is 10.1. The van der Waals surface area contributed by atoms with Gasteiger partial charge in [-0.2, -0.15) is 9.98 Å². The van der Waals surface area contributed by atoms with E-state index in [-0.39, 0.29) is 35.0 Å². The Hall–Kier alpha value is -4.44. The fourth-order valence-electron chi connectivity index (χ4n) is 5.05. The molecule has 1 fully saturated rings. The molecule has 10 heteroatoms. The van der Waals surface area contributed by atoms with E-state index in [2.05, 4.69) is 25.6 Å². The van der Waals surface area contributed by atoms with Gasteiger partial charge in [0.15, 0.2) is 0 Å². The first kappa shape index (κ1) is 26.2. The summed E-state index contributed by atoms with van der Waals surface area (Å²) in [4.78, 5) is 37.6. The van der Waals surface area contributed by atoms with E-state index in [1.54, 1.807) is 41.1 Å². The topological polar surface area (TPSA) is 127 Å². The van der Waals surface area contributed by atoms with Crippen molar-refractivity contribution in [3.8, 4) is 11.1 Å². The molecule has 9 nitrogen and oxygen atoms in total. The Bertz CT molecular complexity index is 1670. The highest BCUT2D eigenvalue weighted by atomic mass is 19.1. The lowest BCUT2D eigenvalue weighted by Gasteiger charge is -2.14. The number of nitrogens with zero attached hydrogens (tertiary/aromatic N) is 4. The van der Waals surface area contributed by atoms with Crippen LogP contribution in [0.1, 0.15) is 42.9 Å². The second kappa shape index (κ2) is 10.7. The van der Waals surface area contributed by atoms with Crippen LogP contribution in [0.3, 0.4) is 0 Å². The number of nitrogens with two attached hydrogens (primary N) is 1. The molecule has 1 amide bonds. The Labute approximate surface area is 225 Å². The lowest BCUT2D eigenvalue weighted by molar-refractivity contribution is -0.115. The number of anilines is 2. The number of halogens is 1. The minimum Gasteiger partial charge on any atom is -0.383 e. The second-order valence-corrected chi connectivity index (χ2v) is 9.68.